The molecule has 1 unspecified atom stereocenters. The fraction of sp³-hybridized carbons (Fsp3) is 0.273. The second kappa shape index (κ2) is 5.73. The number of rotatable bonds is 4. The van der Waals surface area contributed by atoms with E-state index in [0.29, 0.717) is 11.3 Å². The van der Waals surface area contributed by atoms with Crippen LogP contribution in [0.15, 0.2) is 24.3 Å². The van der Waals surface area contributed by atoms with Crippen LogP contribution in [0.4, 0.5) is 0 Å². The molecule has 0 heterocycles. The van der Waals surface area contributed by atoms with Crippen molar-refractivity contribution in [3.63, 3.8) is 0 Å². The average Bonchev–Trinajstić information content (AvgIpc) is 2.35. The van der Waals surface area contributed by atoms with Gasteiger partial charge in [0.15, 0.2) is 0 Å². The van der Waals surface area contributed by atoms with Crippen LogP contribution in [-0.2, 0) is 4.74 Å². The first kappa shape index (κ1) is 12.0. The van der Waals surface area contributed by atoms with Gasteiger partial charge >= 0.3 is 5.97 Å². The van der Waals surface area contributed by atoms with E-state index in [0.717, 1.165) is 0 Å². The number of hydrogen-bond donors (Lipinski definition) is 1. The summed E-state index contributed by atoms with van der Waals surface area (Å²) in [6.07, 6.45) is 0. The first-order chi connectivity index (χ1) is 7.67. The normalized spacial score (nSPS) is 11.3. The molecule has 0 spiro atoms. The molecule has 1 rings (SSSR count). The number of carbonyl (C=O) groups is 1. The molecular formula is C11H12N2O3. The van der Waals surface area contributed by atoms with Crippen molar-refractivity contribution < 1.29 is 14.3 Å². The van der Waals surface area contributed by atoms with Crippen LogP contribution in [0.5, 0.6) is 5.75 Å². The molecule has 0 aliphatic heterocycles. The molecule has 1 aromatic rings. The number of methoxy groups -OCH3 is 1. The third kappa shape index (κ3) is 3.26. The van der Waals surface area contributed by atoms with E-state index in [1.165, 1.54) is 7.11 Å². The number of nitrogens with zero attached hydrogens (tertiary/aromatic N) is 1. The average molecular weight is 220 g/mol. The molecular weight excluding hydrogens is 208 g/mol. The monoisotopic (exact) mass is 220 g/mol. The zero-order valence-electron chi connectivity index (χ0n) is 8.84. The second-order valence-electron chi connectivity index (χ2n) is 3.06. The van der Waals surface area contributed by atoms with Crippen molar-refractivity contribution in [3.05, 3.63) is 29.8 Å². The summed E-state index contributed by atoms with van der Waals surface area (Å²) in [6.45, 7) is 0.119. The van der Waals surface area contributed by atoms with Crippen LogP contribution in [0.3, 0.4) is 0 Å². The molecule has 5 heteroatoms. The van der Waals surface area contributed by atoms with Crippen LogP contribution in [0.25, 0.3) is 0 Å². The van der Waals surface area contributed by atoms with Crippen molar-refractivity contribution in [2.45, 2.75) is 6.04 Å². The van der Waals surface area contributed by atoms with E-state index in [-0.39, 0.29) is 6.61 Å². The van der Waals surface area contributed by atoms with Crippen LogP contribution >= 0.6 is 0 Å². The van der Waals surface area contributed by atoms with Crippen LogP contribution < -0.4 is 10.5 Å². The summed E-state index contributed by atoms with van der Waals surface area (Å²) in [5.41, 5.74) is 5.80. The molecule has 0 amide bonds. The number of esters is 1. The van der Waals surface area contributed by atoms with Crippen molar-refractivity contribution in [1.29, 1.82) is 5.26 Å². The van der Waals surface area contributed by atoms with Gasteiger partial charge in [-0.1, -0.05) is 0 Å². The third-order valence-corrected chi connectivity index (χ3v) is 1.87. The van der Waals surface area contributed by atoms with Crippen LogP contribution in [0.1, 0.15) is 10.4 Å². The van der Waals surface area contributed by atoms with Gasteiger partial charge < -0.3 is 15.2 Å². The second-order valence-corrected chi connectivity index (χ2v) is 3.06. The van der Waals surface area contributed by atoms with Gasteiger partial charge in [-0.3, -0.25) is 0 Å². The minimum atomic E-state index is -0.653. The van der Waals surface area contributed by atoms with Gasteiger partial charge in [0.2, 0.25) is 0 Å². The Labute approximate surface area is 93.4 Å². The minimum Gasteiger partial charge on any atom is -0.491 e. The smallest absolute Gasteiger partial charge is 0.337 e. The zero-order chi connectivity index (χ0) is 12.0. The predicted octanol–water partition coefficient (Wildman–Crippen LogP) is 0.703. The molecule has 0 saturated carbocycles. The van der Waals surface area contributed by atoms with E-state index in [4.69, 9.17) is 15.7 Å². The summed E-state index contributed by atoms with van der Waals surface area (Å²) in [4.78, 5) is 11.1. The van der Waals surface area contributed by atoms with Gasteiger partial charge in [-0.2, -0.15) is 5.26 Å². The van der Waals surface area contributed by atoms with Crippen molar-refractivity contribution in [2.75, 3.05) is 13.7 Å². The van der Waals surface area contributed by atoms with Crippen molar-refractivity contribution >= 4 is 5.97 Å². The Bertz CT molecular complexity index is 395. The predicted molar refractivity (Wildman–Crippen MR) is 56.9 cm³/mol. The van der Waals surface area contributed by atoms with Crippen molar-refractivity contribution in [1.82, 2.24) is 0 Å². The topological polar surface area (TPSA) is 85.3 Å². The molecule has 5 nitrogen and oxygen atoms in total. The van der Waals surface area contributed by atoms with Gasteiger partial charge in [-0.25, -0.2) is 4.79 Å². The first-order valence-corrected chi connectivity index (χ1v) is 4.63. The summed E-state index contributed by atoms with van der Waals surface area (Å²) >= 11 is 0. The van der Waals surface area contributed by atoms with Crippen LogP contribution in [0.2, 0.25) is 0 Å². The van der Waals surface area contributed by atoms with E-state index in [1.54, 1.807) is 24.3 Å². The Morgan fingerprint density at radius 2 is 2.12 bits per heavy atom. The van der Waals surface area contributed by atoms with Gasteiger partial charge in [0.05, 0.1) is 18.7 Å². The van der Waals surface area contributed by atoms with E-state index < -0.39 is 12.0 Å². The number of carbonyl (C=O) groups excluding carboxylic acids is 1. The fourth-order valence-corrected chi connectivity index (χ4v) is 1.03. The Kier molecular flexibility index (Phi) is 4.30. The zero-order valence-corrected chi connectivity index (χ0v) is 8.84. The lowest BCUT2D eigenvalue weighted by Crippen LogP contribution is -2.25. The molecule has 0 aliphatic rings. The lowest BCUT2D eigenvalue weighted by atomic mass is 10.2. The molecule has 0 aliphatic carbocycles. The van der Waals surface area contributed by atoms with Crippen molar-refractivity contribution in [2.24, 2.45) is 5.73 Å². The largest absolute Gasteiger partial charge is 0.491 e. The minimum absolute atomic E-state index is 0.119. The summed E-state index contributed by atoms with van der Waals surface area (Å²) in [6, 6.07) is 7.61. The van der Waals surface area contributed by atoms with Crippen LogP contribution in [-0.4, -0.2) is 25.7 Å². The number of nitriles is 1. The van der Waals surface area contributed by atoms with E-state index in [9.17, 15) is 4.79 Å². The maximum atomic E-state index is 11.1. The maximum Gasteiger partial charge on any atom is 0.337 e. The van der Waals surface area contributed by atoms with E-state index in [1.807, 2.05) is 6.07 Å². The third-order valence-electron chi connectivity index (χ3n) is 1.87. The fourth-order valence-electron chi connectivity index (χ4n) is 1.03. The molecule has 0 aromatic heterocycles. The molecule has 16 heavy (non-hydrogen) atoms. The standard InChI is InChI=1S/C11H12N2O3/c1-15-11(14)8-2-4-10(5-3-8)16-7-9(13)6-12/h2-5,9H,7,13H2,1H3. The Balaban J connectivity index is 2.59. The highest BCUT2D eigenvalue weighted by molar-refractivity contribution is 5.89. The molecule has 1 atom stereocenters. The van der Waals surface area contributed by atoms with Gasteiger partial charge in [-0.05, 0) is 24.3 Å². The van der Waals surface area contributed by atoms with E-state index in [2.05, 4.69) is 4.74 Å². The summed E-state index contributed by atoms with van der Waals surface area (Å²) in [5.74, 6) is 0.152. The molecule has 0 saturated heterocycles. The van der Waals surface area contributed by atoms with Crippen LogP contribution in [0, 0.1) is 11.3 Å². The molecule has 84 valence electrons. The molecule has 0 radical (unpaired) electrons. The van der Waals surface area contributed by atoms with E-state index >= 15 is 0 Å². The highest BCUT2D eigenvalue weighted by Gasteiger charge is 2.05. The van der Waals surface area contributed by atoms with Crippen molar-refractivity contribution in [3.8, 4) is 11.8 Å². The highest BCUT2D eigenvalue weighted by atomic mass is 16.5. The maximum absolute atomic E-state index is 11.1. The number of nitrogens with two attached hydrogens (primary N) is 1. The number of benzene rings is 1. The number of ether oxygens (including phenoxy) is 2. The highest BCUT2D eigenvalue weighted by Crippen LogP contribution is 2.12. The molecule has 0 fully saturated rings. The lowest BCUT2D eigenvalue weighted by Gasteiger charge is -2.07. The Hall–Kier alpha value is -2.06. The number of hydrogen-bond acceptors (Lipinski definition) is 5. The quantitative estimate of drug-likeness (QED) is 0.755. The summed E-state index contributed by atoms with van der Waals surface area (Å²) in [5, 5.41) is 8.45. The Morgan fingerprint density at radius 3 is 2.62 bits per heavy atom. The molecule has 2 N–H and O–H groups in total. The molecule has 1 aromatic carbocycles. The van der Waals surface area contributed by atoms with Gasteiger partial charge in [0.1, 0.15) is 18.4 Å². The van der Waals surface area contributed by atoms with Gasteiger partial charge in [0.25, 0.3) is 0 Å². The van der Waals surface area contributed by atoms with Gasteiger partial charge in [-0.15, -0.1) is 0 Å². The Morgan fingerprint density at radius 1 is 1.50 bits per heavy atom. The SMILES string of the molecule is COC(=O)c1ccc(OCC(N)C#N)cc1. The first-order valence-electron chi connectivity index (χ1n) is 4.63. The molecule has 0 bridgehead atoms. The summed E-state index contributed by atoms with van der Waals surface area (Å²) < 4.78 is 9.78. The lowest BCUT2D eigenvalue weighted by molar-refractivity contribution is 0.0600. The van der Waals surface area contributed by atoms with Gasteiger partial charge in [0, 0.05) is 0 Å². The summed E-state index contributed by atoms with van der Waals surface area (Å²) in [7, 11) is 1.32.